The van der Waals surface area contributed by atoms with Gasteiger partial charge in [-0.25, -0.2) is 4.39 Å². The Hall–Kier alpha value is -1.42. The van der Waals surface area contributed by atoms with Gasteiger partial charge in [0, 0.05) is 6.54 Å². The molecular formula is C15H21FN2O. The van der Waals surface area contributed by atoms with Gasteiger partial charge in [0.15, 0.2) is 0 Å². The molecule has 3 nitrogen and oxygen atoms in total. The van der Waals surface area contributed by atoms with E-state index in [2.05, 4.69) is 17.6 Å². The number of piperidine rings is 1. The summed E-state index contributed by atoms with van der Waals surface area (Å²) in [7, 11) is 0. The summed E-state index contributed by atoms with van der Waals surface area (Å²) in [6.45, 7) is 6.56. The number of carbonyl (C=O) groups is 1. The van der Waals surface area contributed by atoms with Crippen molar-refractivity contribution in [1.82, 2.24) is 10.6 Å². The largest absolute Gasteiger partial charge is 0.352 e. The Morgan fingerprint density at radius 2 is 2.32 bits per heavy atom. The van der Waals surface area contributed by atoms with Gasteiger partial charge in [0.05, 0.1) is 5.56 Å². The predicted molar refractivity (Wildman–Crippen MR) is 73.6 cm³/mol. The fourth-order valence-corrected chi connectivity index (χ4v) is 2.45. The van der Waals surface area contributed by atoms with Gasteiger partial charge in [-0.15, -0.1) is 0 Å². The Kier molecular flexibility index (Phi) is 4.53. The average Bonchev–Trinajstić information content (AvgIpc) is 2.37. The second-order valence-corrected chi connectivity index (χ2v) is 5.42. The summed E-state index contributed by atoms with van der Waals surface area (Å²) in [5, 5.41) is 6.16. The van der Waals surface area contributed by atoms with E-state index in [-0.39, 0.29) is 11.5 Å². The van der Waals surface area contributed by atoms with Crippen LogP contribution in [0.25, 0.3) is 0 Å². The van der Waals surface area contributed by atoms with Crippen LogP contribution in [-0.2, 0) is 0 Å². The number of nitrogens with one attached hydrogen (secondary N) is 2. The van der Waals surface area contributed by atoms with Gasteiger partial charge < -0.3 is 10.6 Å². The Balaban J connectivity index is 1.93. The molecule has 0 aromatic heterocycles. The maximum absolute atomic E-state index is 13.7. The molecule has 1 aromatic rings. The molecule has 1 heterocycles. The summed E-state index contributed by atoms with van der Waals surface area (Å²) in [6, 6.07) is 4.69. The summed E-state index contributed by atoms with van der Waals surface area (Å²) in [5.74, 6) is 0.234. The molecule has 19 heavy (non-hydrogen) atoms. The smallest absolute Gasteiger partial charge is 0.254 e. The van der Waals surface area contributed by atoms with Gasteiger partial charge in [0.25, 0.3) is 5.91 Å². The molecule has 0 aliphatic carbocycles. The van der Waals surface area contributed by atoms with E-state index in [1.165, 1.54) is 6.07 Å². The van der Waals surface area contributed by atoms with Crippen molar-refractivity contribution in [2.75, 3.05) is 19.6 Å². The third-order valence-electron chi connectivity index (χ3n) is 3.88. The molecule has 1 saturated heterocycles. The minimum Gasteiger partial charge on any atom is -0.352 e. The van der Waals surface area contributed by atoms with Crippen LogP contribution in [0, 0.1) is 24.6 Å². The van der Waals surface area contributed by atoms with E-state index in [1.807, 2.05) is 0 Å². The number of halogens is 1. The number of benzene rings is 1. The summed E-state index contributed by atoms with van der Waals surface area (Å²) in [5.41, 5.74) is 0.946. The Labute approximate surface area is 113 Å². The third kappa shape index (κ3) is 3.53. The third-order valence-corrected chi connectivity index (χ3v) is 3.88. The summed E-state index contributed by atoms with van der Waals surface area (Å²) >= 11 is 0. The summed E-state index contributed by atoms with van der Waals surface area (Å²) in [4.78, 5) is 12.0. The molecular weight excluding hydrogens is 243 g/mol. The van der Waals surface area contributed by atoms with E-state index < -0.39 is 5.82 Å². The van der Waals surface area contributed by atoms with Crippen LogP contribution in [0.3, 0.4) is 0 Å². The molecule has 0 bridgehead atoms. The fourth-order valence-electron chi connectivity index (χ4n) is 2.45. The van der Waals surface area contributed by atoms with Crippen molar-refractivity contribution < 1.29 is 9.18 Å². The van der Waals surface area contributed by atoms with E-state index in [0.29, 0.717) is 18.4 Å². The SMILES string of the molecule is Cc1ccc(C(=O)NCC2CNCCC2C)c(F)c1. The van der Waals surface area contributed by atoms with Crippen LogP contribution in [0.4, 0.5) is 4.39 Å². The summed E-state index contributed by atoms with van der Waals surface area (Å²) < 4.78 is 13.7. The first-order valence-corrected chi connectivity index (χ1v) is 6.83. The van der Waals surface area contributed by atoms with Gasteiger partial charge >= 0.3 is 0 Å². The second-order valence-electron chi connectivity index (χ2n) is 5.42. The van der Waals surface area contributed by atoms with Gasteiger partial charge in [-0.1, -0.05) is 13.0 Å². The highest BCUT2D eigenvalue weighted by Gasteiger charge is 2.22. The van der Waals surface area contributed by atoms with E-state index in [4.69, 9.17) is 0 Å². The van der Waals surface area contributed by atoms with E-state index in [0.717, 1.165) is 25.1 Å². The molecule has 2 unspecified atom stereocenters. The van der Waals surface area contributed by atoms with Crippen molar-refractivity contribution in [2.45, 2.75) is 20.3 Å². The van der Waals surface area contributed by atoms with Crippen LogP contribution in [0.1, 0.15) is 29.3 Å². The van der Waals surface area contributed by atoms with Crippen LogP contribution >= 0.6 is 0 Å². The number of aryl methyl sites for hydroxylation is 1. The van der Waals surface area contributed by atoms with Crippen molar-refractivity contribution >= 4 is 5.91 Å². The van der Waals surface area contributed by atoms with Crippen molar-refractivity contribution in [2.24, 2.45) is 11.8 Å². The van der Waals surface area contributed by atoms with E-state index >= 15 is 0 Å². The molecule has 0 saturated carbocycles. The molecule has 1 aromatic carbocycles. The highest BCUT2D eigenvalue weighted by molar-refractivity contribution is 5.94. The predicted octanol–water partition coefficient (Wildman–Crippen LogP) is 2.11. The lowest BCUT2D eigenvalue weighted by Crippen LogP contribution is -2.42. The molecule has 1 aliphatic heterocycles. The zero-order valence-corrected chi connectivity index (χ0v) is 11.5. The lowest BCUT2D eigenvalue weighted by molar-refractivity contribution is 0.0935. The minimum atomic E-state index is -0.452. The second kappa shape index (κ2) is 6.15. The molecule has 104 valence electrons. The van der Waals surface area contributed by atoms with Crippen molar-refractivity contribution in [3.05, 3.63) is 35.1 Å². The molecule has 1 aliphatic rings. The molecule has 2 N–H and O–H groups in total. The van der Waals surface area contributed by atoms with Crippen LogP contribution in [0.5, 0.6) is 0 Å². The van der Waals surface area contributed by atoms with Gasteiger partial charge in [-0.2, -0.15) is 0 Å². The zero-order valence-electron chi connectivity index (χ0n) is 11.5. The van der Waals surface area contributed by atoms with Crippen LogP contribution in [0.2, 0.25) is 0 Å². The van der Waals surface area contributed by atoms with Crippen molar-refractivity contribution in [3.63, 3.8) is 0 Å². The number of carbonyl (C=O) groups excluding carboxylic acids is 1. The van der Waals surface area contributed by atoms with E-state index in [9.17, 15) is 9.18 Å². The van der Waals surface area contributed by atoms with E-state index in [1.54, 1.807) is 19.1 Å². The number of rotatable bonds is 3. The molecule has 0 radical (unpaired) electrons. The minimum absolute atomic E-state index is 0.127. The molecule has 4 heteroatoms. The number of amides is 1. The normalized spacial score (nSPS) is 23.1. The van der Waals surface area contributed by atoms with Crippen LogP contribution in [0.15, 0.2) is 18.2 Å². The molecule has 1 fully saturated rings. The Morgan fingerprint density at radius 1 is 1.53 bits per heavy atom. The quantitative estimate of drug-likeness (QED) is 0.878. The first kappa shape index (κ1) is 14.0. The lowest BCUT2D eigenvalue weighted by Gasteiger charge is -2.29. The van der Waals surface area contributed by atoms with Gasteiger partial charge in [-0.05, 0) is 56.0 Å². The zero-order chi connectivity index (χ0) is 13.8. The van der Waals surface area contributed by atoms with Crippen molar-refractivity contribution in [1.29, 1.82) is 0 Å². The van der Waals surface area contributed by atoms with Crippen molar-refractivity contribution in [3.8, 4) is 0 Å². The fraction of sp³-hybridized carbons (Fsp3) is 0.533. The number of hydrogen-bond donors (Lipinski definition) is 2. The Morgan fingerprint density at radius 3 is 3.00 bits per heavy atom. The molecule has 1 amide bonds. The molecule has 0 spiro atoms. The monoisotopic (exact) mass is 264 g/mol. The maximum atomic E-state index is 13.7. The van der Waals surface area contributed by atoms with Gasteiger partial charge in [-0.3, -0.25) is 4.79 Å². The maximum Gasteiger partial charge on any atom is 0.254 e. The lowest BCUT2D eigenvalue weighted by atomic mass is 9.88. The summed E-state index contributed by atoms with van der Waals surface area (Å²) in [6.07, 6.45) is 1.12. The van der Waals surface area contributed by atoms with Gasteiger partial charge in [0.2, 0.25) is 0 Å². The highest BCUT2D eigenvalue weighted by Crippen LogP contribution is 2.17. The Bertz CT molecular complexity index is 461. The molecule has 2 atom stereocenters. The number of hydrogen-bond acceptors (Lipinski definition) is 2. The topological polar surface area (TPSA) is 41.1 Å². The first-order chi connectivity index (χ1) is 9.08. The van der Waals surface area contributed by atoms with Crippen LogP contribution in [-0.4, -0.2) is 25.5 Å². The highest BCUT2D eigenvalue weighted by atomic mass is 19.1. The van der Waals surface area contributed by atoms with Crippen LogP contribution < -0.4 is 10.6 Å². The standard InChI is InChI=1S/C15H21FN2O/c1-10-3-4-13(14(16)7-10)15(19)18-9-12-8-17-6-5-11(12)2/h3-4,7,11-12,17H,5-6,8-9H2,1-2H3,(H,18,19). The molecule has 2 rings (SSSR count). The van der Waals surface area contributed by atoms with Gasteiger partial charge in [0.1, 0.15) is 5.82 Å². The average molecular weight is 264 g/mol. The first-order valence-electron chi connectivity index (χ1n) is 6.83.